The molecule has 0 radical (unpaired) electrons. The molecule has 0 fully saturated rings. The minimum atomic E-state index is -0.548. The fraction of sp³-hybridized carbons (Fsp3) is 0.0556. The molecule has 0 aliphatic carbocycles. The van der Waals surface area contributed by atoms with E-state index in [0.717, 1.165) is 16.7 Å². The molecule has 0 aliphatic heterocycles. The molecule has 2 aromatic carbocycles. The van der Waals surface area contributed by atoms with E-state index in [-0.39, 0.29) is 5.52 Å². The molecule has 0 aliphatic rings. The lowest BCUT2D eigenvalue weighted by molar-refractivity contribution is 0.810. The molecule has 7 nitrogen and oxygen atoms in total. The number of aromatic nitrogens is 4. The highest BCUT2D eigenvalue weighted by molar-refractivity contribution is 5.70. The number of nitrogens with one attached hydrogen (secondary N) is 2. The normalized spacial score (nSPS) is 11.0. The molecule has 0 spiro atoms. The van der Waals surface area contributed by atoms with Crippen LogP contribution in [0.2, 0.25) is 0 Å². The van der Waals surface area contributed by atoms with Crippen molar-refractivity contribution in [2.24, 2.45) is 0 Å². The molecule has 0 unspecified atom stereocenters. The maximum absolute atomic E-state index is 11.8. The summed E-state index contributed by atoms with van der Waals surface area (Å²) in [5.74, 6) is 0. The number of H-pyrrole nitrogens is 2. The van der Waals surface area contributed by atoms with Gasteiger partial charge in [0, 0.05) is 5.69 Å². The third-order valence-electron chi connectivity index (χ3n) is 4.01. The summed E-state index contributed by atoms with van der Waals surface area (Å²) in [6, 6.07) is 15.7. The second kappa shape index (κ2) is 5.79. The molecule has 4 aromatic rings. The number of hydrogen-bond acceptors (Lipinski definition) is 4. The summed E-state index contributed by atoms with van der Waals surface area (Å²) in [7, 11) is 0. The van der Waals surface area contributed by atoms with Crippen molar-refractivity contribution in [3.63, 3.8) is 0 Å². The van der Waals surface area contributed by atoms with E-state index in [1.165, 1.54) is 0 Å². The Morgan fingerprint density at radius 1 is 1.00 bits per heavy atom. The van der Waals surface area contributed by atoms with Crippen molar-refractivity contribution in [3.8, 4) is 11.1 Å². The summed E-state index contributed by atoms with van der Waals surface area (Å²) in [4.78, 5) is 32.2. The maximum Gasteiger partial charge on any atom is 0.327 e. The van der Waals surface area contributed by atoms with Gasteiger partial charge in [0.15, 0.2) is 5.52 Å². The average molecular weight is 333 g/mol. The third kappa shape index (κ3) is 2.83. The van der Waals surface area contributed by atoms with Gasteiger partial charge in [-0.1, -0.05) is 30.3 Å². The summed E-state index contributed by atoms with van der Waals surface area (Å²) in [6.45, 7) is 0.478. The van der Waals surface area contributed by atoms with Crippen molar-refractivity contribution in [1.82, 2.24) is 19.5 Å². The van der Waals surface area contributed by atoms with E-state index in [0.29, 0.717) is 17.9 Å². The standard InChI is InChI=1S/C18H15N5O2/c19-14-6-2-5-13(8-14)12-4-1-3-11(7-12)9-23-10-20-15-16(23)21-18(25)22-17(15)24/h1-8,10H,9,19H2,(H2,21,22,24,25). The molecule has 2 heterocycles. The quantitative estimate of drug-likeness (QED) is 0.496. The molecule has 2 aromatic heterocycles. The Balaban J connectivity index is 1.74. The van der Waals surface area contributed by atoms with Gasteiger partial charge < -0.3 is 10.3 Å². The van der Waals surface area contributed by atoms with Crippen LogP contribution in [0.4, 0.5) is 5.69 Å². The zero-order valence-electron chi connectivity index (χ0n) is 13.2. The van der Waals surface area contributed by atoms with Crippen LogP contribution in [-0.4, -0.2) is 19.5 Å². The van der Waals surface area contributed by atoms with Gasteiger partial charge in [-0.3, -0.25) is 14.8 Å². The van der Waals surface area contributed by atoms with Crippen molar-refractivity contribution in [2.45, 2.75) is 6.54 Å². The molecule has 0 saturated heterocycles. The van der Waals surface area contributed by atoms with Gasteiger partial charge in [-0.15, -0.1) is 0 Å². The molecule has 4 rings (SSSR count). The van der Waals surface area contributed by atoms with E-state index in [2.05, 4.69) is 15.0 Å². The van der Waals surface area contributed by atoms with Gasteiger partial charge >= 0.3 is 5.69 Å². The summed E-state index contributed by atoms with van der Waals surface area (Å²) >= 11 is 0. The van der Waals surface area contributed by atoms with E-state index >= 15 is 0 Å². The largest absolute Gasteiger partial charge is 0.399 e. The van der Waals surface area contributed by atoms with E-state index in [1.54, 1.807) is 10.9 Å². The van der Waals surface area contributed by atoms with Crippen LogP contribution < -0.4 is 17.0 Å². The molecular weight excluding hydrogens is 318 g/mol. The number of anilines is 1. The average Bonchev–Trinajstić information content (AvgIpc) is 2.98. The SMILES string of the molecule is Nc1cccc(-c2cccc(Cn3cnc4c(=O)[nH]c(=O)[nH]c43)c2)c1. The van der Waals surface area contributed by atoms with Crippen LogP contribution in [0.1, 0.15) is 5.56 Å². The minimum absolute atomic E-state index is 0.214. The van der Waals surface area contributed by atoms with Gasteiger partial charge in [0.25, 0.3) is 5.56 Å². The van der Waals surface area contributed by atoms with Crippen molar-refractivity contribution >= 4 is 16.9 Å². The van der Waals surface area contributed by atoms with E-state index in [1.807, 2.05) is 48.5 Å². The van der Waals surface area contributed by atoms with Crippen LogP contribution in [0.5, 0.6) is 0 Å². The number of nitrogens with zero attached hydrogens (tertiary/aromatic N) is 2. The van der Waals surface area contributed by atoms with Crippen molar-refractivity contribution in [3.05, 3.63) is 81.3 Å². The number of imidazole rings is 1. The van der Waals surface area contributed by atoms with Gasteiger partial charge in [0.05, 0.1) is 12.9 Å². The Bertz CT molecular complexity index is 1190. The molecule has 7 heteroatoms. The first-order valence-corrected chi connectivity index (χ1v) is 7.72. The Morgan fingerprint density at radius 3 is 2.56 bits per heavy atom. The van der Waals surface area contributed by atoms with E-state index < -0.39 is 11.2 Å². The number of aromatic amines is 2. The Hall–Kier alpha value is -3.61. The Kier molecular flexibility index (Phi) is 3.46. The van der Waals surface area contributed by atoms with Crippen LogP contribution in [0.3, 0.4) is 0 Å². The second-order valence-corrected chi connectivity index (χ2v) is 5.80. The minimum Gasteiger partial charge on any atom is -0.399 e. The zero-order chi connectivity index (χ0) is 17.4. The molecule has 124 valence electrons. The van der Waals surface area contributed by atoms with Gasteiger partial charge in [-0.2, -0.15) is 0 Å². The smallest absolute Gasteiger partial charge is 0.327 e. The number of fused-ring (bicyclic) bond motifs is 1. The lowest BCUT2D eigenvalue weighted by Gasteiger charge is -2.08. The van der Waals surface area contributed by atoms with Gasteiger partial charge in [0.1, 0.15) is 5.65 Å². The first kappa shape index (κ1) is 14.9. The monoisotopic (exact) mass is 333 g/mol. The number of nitrogens with two attached hydrogens (primary N) is 1. The number of rotatable bonds is 3. The molecule has 0 amide bonds. The molecule has 4 N–H and O–H groups in total. The molecular formula is C18H15N5O2. The summed E-state index contributed by atoms with van der Waals surface area (Å²) < 4.78 is 1.74. The lowest BCUT2D eigenvalue weighted by atomic mass is 10.0. The van der Waals surface area contributed by atoms with E-state index in [9.17, 15) is 9.59 Å². The van der Waals surface area contributed by atoms with Gasteiger partial charge in [-0.05, 0) is 34.9 Å². The molecule has 25 heavy (non-hydrogen) atoms. The second-order valence-electron chi connectivity index (χ2n) is 5.80. The van der Waals surface area contributed by atoms with Crippen molar-refractivity contribution in [1.29, 1.82) is 0 Å². The number of nitrogen functional groups attached to an aromatic ring is 1. The number of hydrogen-bond donors (Lipinski definition) is 3. The highest BCUT2D eigenvalue weighted by Crippen LogP contribution is 2.23. The highest BCUT2D eigenvalue weighted by atomic mass is 16.2. The fourth-order valence-corrected chi connectivity index (χ4v) is 2.86. The Labute approximate surface area is 141 Å². The third-order valence-corrected chi connectivity index (χ3v) is 4.01. The lowest BCUT2D eigenvalue weighted by Crippen LogP contribution is -2.22. The van der Waals surface area contributed by atoms with Crippen LogP contribution in [-0.2, 0) is 6.54 Å². The van der Waals surface area contributed by atoms with Gasteiger partial charge in [0.2, 0.25) is 0 Å². The summed E-state index contributed by atoms with van der Waals surface area (Å²) in [6.07, 6.45) is 1.54. The molecule has 0 bridgehead atoms. The Morgan fingerprint density at radius 2 is 1.76 bits per heavy atom. The topological polar surface area (TPSA) is 110 Å². The highest BCUT2D eigenvalue weighted by Gasteiger charge is 2.09. The first-order chi connectivity index (χ1) is 12.1. The van der Waals surface area contributed by atoms with Crippen molar-refractivity contribution in [2.75, 3.05) is 5.73 Å². The van der Waals surface area contributed by atoms with Crippen molar-refractivity contribution < 1.29 is 0 Å². The van der Waals surface area contributed by atoms with Gasteiger partial charge in [-0.25, -0.2) is 9.78 Å². The van der Waals surface area contributed by atoms with Crippen LogP contribution in [0.15, 0.2) is 64.4 Å². The van der Waals surface area contributed by atoms with Crippen LogP contribution in [0.25, 0.3) is 22.3 Å². The number of benzene rings is 2. The summed E-state index contributed by atoms with van der Waals surface area (Å²) in [5.41, 5.74) is 9.23. The summed E-state index contributed by atoms with van der Waals surface area (Å²) in [5, 5.41) is 0. The predicted molar refractivity (Wildman–Crippen MR) is 96.4 cm³/mol. The first-order valence-electron chi connectivity index (χ1n) is 7.72. The van der Waals surface area contributed by atoms with Crippen LogP contribution >= 0.6 is 0 Å². The molecule has 0 atom stereocenters. The maximum atomic E-state index is 11.8. The zero-order valence-corrected chi connectivity index (χ0v) is 13.2. The van der Waals surface area contributed by atoms with E-state index in [4.69, 9.17) is 5.73 Å². The fourth-order valence-electron chi connectivity index (χ4n) is 2.86. The predicted octanol–water partition coefficient (Wildman–Crippen LogP) is 1.71. The van der Waals surface area contributed by atoms with Crippen LogP contribution in [0, 0.1) is 0 Å². The molecule has 0 saturated carbocycles.